The summed E-state index contributed by atoms with van der Waals surface area (Å²) < 4.78 is 9.85. The first-order valence-electron chi connectivity index (χ1n) is 8.09. The lowest BCUT2D eigenvalue weighted by Gasteiger charge is -2.18. The molecule has 2 aromatic carbocycles. The van der Waals surface area contributed by atoms with Crippen LogP contribution < -0.4 is 10.9 Å². The number of benzene rings is 2. The first-order chi connectivity index (χ1) is 13.0. The zero-order chi connectivity index (χ0) is 19.4. The average molecular weight is 368 g/mol. The molecule has 0 bridgehead atoms. The second-order valence-electron chi connectivity index (χ2n) is 5.78. The Balaban J connectivity index is 2.11. The van der Waals surface area contributed by atoms with E-state index in [2.05, 4.69) is 5.32 Å². The van der Waals surface area contributed by atoms with E-state index in [0.717, 1.165) is 5.56 Å². The van der Waals surface area contributed by atoms with Crippen molar-refractivity contribution >= 4 is 28.3 Å². The monoisotopic (exact) mass is 368 g/mol. The van der Waals surface area contributed by atoms with E-state index in [1.807, 2.05) is 30.3 Å². The molecule has 138 valence electrons. The lowest BCUT2D eigenvalue weighted by atomic mass is 10.0. The summed E-state index contributed by atoms with van der Waals surface area (Å²) in [6.07, 6.45) is 0.221. The Hall–Kier alpha value is -3.68. The van der Waals surface area contributed by atoms with Gasteiger partial charge in [-0.05, 0) is 17.7 Å². The fourth-order valence-corrected chi connectivity index (χ4v) is 2.81. The van der Waals surface area contributed by atoms with Gasteiger partial charge in [0.2, 0.25) is 0 Å². The van der Waals surface area contributed by atoms with Crippen LogP contribution in [0.5, 0.6) is 0 Å². The zero-order valence-corrected chi connectivity index (χ0v) is 14.4. The van der Waals surface area contributed by atoms with Crippen molar-refractivity contribution in [2.45, 2.75) is 12.5 Å². The first kappa shape index (κ1) is 18.1. The number of fused-ring (bicyclic) bond motifs is 1. The van der Waals surface area contributed by atoms with Crippen molar-refractivity contribution in [1.82, 2.24) is 0 Å². The molecule has 0 unspecified atom stereocenters. The van der Waals surface area contributed by atoms with E-state index in [4.69, 9.17) is 9.15 Å². The summed E-state index contributed by atoms with van der Waals surface area (Å²) in [4.78, 5) is 35.0. The van der Waals surface area contributed by atoms with Gasteiger partial charge < -0.3 is 14.5 Å². The van der Waals surface area contributed by atoms with Crippen LogP contribution in [0.25, 0.3) is 11.0 Å². The summed E-state index contributed by atoms with van der Waals surface area (Å²) in [5.74, 6) is -0.606. The van der Waals surface area contributed by atoms with Crippen molar-refractivity contribution in [2.75, 3.05) is 12.4 Å². The van der Waals surface area contributed by atoms with Gasteiger partial charge >= 0.3 is 17.3 Å². The molecule has 3 rings (SSSR count). The average Bonchev–Trinajstić information content (AvgIpc) is 2.67. The maximum atomic E-state index is 12.3. The number of para-hydroxylation sites is 1. The topological polar surface area (TPSA) is 112 Å². The third-order valence-electron chi connectivity index (χ3n) is 4.06. The number of methoxy groups -OCH3 is 1. The largest absolute Gasteiger partial charge is 0.467 e. The van der Waals surface area contributed by atoms with E-state index < -0.39 is 28.2 Å². The van der Waals surface area contributed by atoms with Crippen LogP contribution in [0, 0.1) is 10.1 Å². The van der Waals surface area contributed by atoms with Crippen LogP contribution in [0.1, 0.15) is 5.56 Å². The molecule has 0 spiro atoms. The molecular weight excluding hydrogens is 352 g/mol. The number of hydrogen-bond acceptors (Lipinski definition) is 7. The molecule has 0 aliphatic rings. The zero-order valence-electron chi connectivity index (χ0n) is 14.4. The molecule has 0 aliphatic carbocycles. The predicted molar refractivity (Wildman–Crippen MR) is 98.7 cm³/mol. The number of nitrogens with zero attached hydrogens (tertiary/aromatic N) is 1. The lowest BCUT2D eigenvalue weighted by molar-refractivity contribution is -0.386. The highest BCUT2D eigenvalue weighted by Gasteiger charge is 2.29. The van der Waals surface area contributed by atoms with Crippen LogP contribution in [-0.2, 0) is 16.0 Å². The minimum atomic E-state index is -1.09. The molecule has 1 heterocycles. The van der Waals surface area contributed by atoms with Crippen molar-refractivity contribution in [1.29, 1.82) is 0 Å². The normalized spacial score (nSPS) is 11.7. The predicted octanol–water partition coefficient (Wildman–Crippen LogP) is 2.90. The van der Waals surface area contributed by atoms with Gasteiger partial charge in [0.25, 0.3) is 0 Å². The molecule has 0 radical (unpaired) electrons. The number of rotatable bonds is 6. The minimum absolute atomic E-state index is 0.0711. The first-order valence-corrected chi connectivity index (χ1v) is 8.09. The Morgan fingerprint density at radius 3 is 2.52 bits per heavy atom. The second-order valence-corrected chi connectivity index (χ2v) is 5.78. The maximum Gasteiger partial charge on any atom is 0.417 e. The Kier molecular flexibility index (Phi) is 5.16. The fraction of sp³-hybridized carbons (Fsp3) is 0.158. The molecule has 0 fully saturated rings. The van der Waals surface area contributed by atoms with Gasteiger partial charge in [-0.15, -0.1) is 0 Å². The van der Waals surface area contributed by atoms with Gasteiger partial charge in [-0.1, -0.05) is 42.5 Å². The summed E-state index contributed by atoms with van der Waals surface area (Å²) in [6.45, 7) is 0. The molecule has 1 N–H and O–H groups in total. The molecule has 8 heteroatoms. The van der Waals surface area contributed by atoms with E-state index in [1.165, 1.54) is 13.2 Å². The highest BCUT2D eigenvalue weighted by molar-refractivity contribution is 5.96. The van der Waals surface area contributed by atoms with Crippen LogP contribution in [-0.4, -0.2) is 24.0 Å². The summed E-state index contributed by atoms with van der Waals surface area (Å²) in [7, 11) is 1.23. The summed E-state index contributed by atoms with van der Waals surface area (Å²) >= 11 is 0. The Morgan fingerprint density at radius 1 is 1.19 bits per heavy atom. The van der Waals surface area contributed by atoms with Crippen molar-refractivity contribution < 1.29 is 18.9 Å². The quantitative estimate of drug-likeness (QED) is 0.308. The summed E-state index contributed by atoms with van der Waals surface area (Å²) in [5.41, 5.74) is -0.910. The summed E-state index contributed by atoms with van der Waals surface area (Å²) in [6, 6.07) is 14.6. The van der Waals surface area contributed by atoms with Gasteiger partial charge in [-0.25, -0.2) is 9.59 Å². The highest BCUT2D eigenvalue weighted by atomic mass is 16.6. The molecule has 27 heavy (non-hydrogen) atoms. The molecule has 0 amide bonds. The number of nitrogens with one attached hydrogen (secondary N) is 1. The van der Waals surface area contributed by atoms with Gasteiger partial charge in [0.1, 0.15) is 17.3 Å². The van der Waals surface area contributed by atoms with Crippen LogP contribution in [0.2, 0.25) is 0 Å². The van der Waals surface area contributed by atoms with Crippen molar-refractivity contribution in [3.8, 4) is 0 Å². The van der Waals surface area contributed by atoms with E-state index >= 15 is 0 Å². The van der Waals surface area contributed by atoms with E-state index in [9.17, 15) is 19.7 Å². The van der Waals surface area contributed by atoms with Crippen molar-refractivity contribution in [3.05, 3.63) is 80.7 Å². The number of carbonyl (C=O) groups is 1. The molecule has 1 aromatic heterocycles. The molecule has 0 saturated heterocycles. The minimum Gasteiger partial charge on any atom is -0.467 e. The standard InChI is InChI=1S/C19H16N2O6/c1-26-18(22)14(11-12-7-3-2-4-8-12)20-16-13-9-5-6-10-15(13)27-19(23)17(16)21(24)25/h2-10,14,20H,11H2,1H3/t14-/m0/s1. The molecule has 3 aromatic rings. The molecular formula is C19H16N2O6. The van der Waals surface area contributed by atoms with Crippen LogP contribution in [0.3, 0.4) is 0 Å². The molecule has 0 saturated carbocycles. The highest BCUT2D eigenvalue weighted by Crippen LogP contribution is 2.31. The van der Waals surface area contributed by atoms with Gasteiger partial charge in [0, 0.05) is 11.8 Å². The molecule has 1 atom stereocenters. The van der Waals surface area contributed by atoms with Crippen molar-refractivity contribution in [2.24, 2.45) is 0 Å². The van der Waals surface area contributed by atoms with Gasteiger partial charge in [0.15, 0.2) is 0 Å². The van der Waals surface area contributed by atoms with Gasteiger partial charge in [0.05, 0.1) is 12.0 Å². The van der Waals surface area contributed by atoms with E-state index in [1.54, 1.807) is 18.2 Å². The summed E-state index contributed by atoms with van der Waals surface area (Å²) in [5, 5.41) is 14.6. The Bertz CT molecular complexity index is 1040. The number of hydrogen-bond donors (Lipinski definition) is 1. The lowest BCUT2D eigenvalue weighted by Crippen LogP contribution is -2.33. The SMILES string of the molecule is COC(=O)[C@H](Cc1ccccc1)Nc1c([N+](=O)[O-])c(=O)oc2ccccc12. The van der Waals surface area contributed by atoms with E-state index in [0.29, 0.717) is 5.39 Å². The smallest absolute Gasteiger partial charge is 0.417 e. The van der Waals surface area contributed by atoms with Crippen LogP contribution in [0.15, 0.2) is 63.8 Å². The number of anilines is 1. The van der Waals surface area contributed by atoms with Crippen LogP contribution in [0.4, 0.5) is 11.4 Å². The number of carbonyl (C=O) groups excluding carboxylic acids is 1. The number of ether oxygens (including phenoxy) is 1. The fourth-order valence-electron chi connectivity index (χ4n) is 2.81. The maximum absolute atomic E-state index is 12.3. The third-order valence-corrected chi connectivity index (χ3v) is 4.06. The van der Waals surface area contributed by atoms with Gasteiger partial charge in [-0.3, -0.25) is 10.1 Å². The third kappa shape index (κ3) is 3.79. The number of nitro groups is 1. The number of esters is 1. The molecule has 8 nitrogen and oxygen atoms in total. The Labute approximate surface area is 153 Å². The Morgan fingerprint density at radius 2 is 1.85 bits per heavy atom. The van der Waals surface area contributed by atoms with Crippen LogP contribution >= 0.6 is 0 Å². The second kappa shape index (κ2) is 7.69. The molecule has 0 aliphatic heterocycles. The van der Waals surface area contributed by atoms with Crippen molar-refractivity contribution in [3.63, 3.8) is 0 Å². The van der Waals surface area contributed by atoms with E-state index in [-0.39, 0.29) is 17.7 Å². The van der Waals surface area contributed by atoms with Gasteiger partial charge in [-0.2, -0.15) is 0 Å².